The van der Waals surface area contributed by atoms with Crippen molar-refractivity contribution in [2.45, 2.75) is 32.4 Å². The lowest BCUT2D eigenvalue weighted by Crippen LogP contribution is -2.38. The first-order chi connectivity index (χ1) is 9.70. The summed E-state index contributed by atoms with van der Waals surface area (Å²) >= 11 is 6.34. The predicted molar refractivity (Wildman–Crippen MR) is 84.4 cm³/mol. The van der Waals surface area contributed by atoms with Crippen LogP contribution < -0.4 is 5.32 Å². The molecule has 0 bridgehead atoms. The lowest BCUT2D eigenvalue weighted by atomic mass is 10.1. The van der Waals surface area contributed by atoms with Crippen molar-refractivity contribution in [1.29, 1.82) is 0 Å². The number of ether oxygens (including phenoxy) is 1. The molecule has 3 nitrogen and oxygen atoms in total. The van der Waals surface area contributed by atoms with Crippen LogP contribution in [0.3, 0.4) is 0 Å². The van der Waals surface area contributed by atoms with Crippen LogP contribution in [0.5, 0.6) is 0 Å². The molecule has 1 fully saturated rings. The highest BCUT2D eigenvalue weighted by atomic mass is 35.5. The molecule has 1 aliphatic heterocycles. The van der Waals surface area contributed by atoms with Crippen molar-refractivity contribution >= 4 is 11.6 Å². The summed E-state index contributed by atoms with van der Waals surface area (Å²) in [5.41, 5.74) is 2.46. The Bertz CT molecular complexity index is 425. The van der Waals surface area contributed by atoms with Crippen LogP contribution in [0.1, 0.15) is 24.0 Å². The number of hydrogen-bond acceptors (Lipinski definition) is 3. The minimum Gasteiger partial charge on any atom is -0.383 e. The van der Waals surface area contributed by atoms with Crippen LogP contribution in [0.25, 0.3) is 0 Å². The van der Waals surface area contributed by atoms with Crippen LogP contribution in [-0.2, 0) is 11.3 Å². The number of benzene rings is 1. The summed E-state index contributed by atoms with van der Waals surface area (Å²) < 4.78 is 5.06. The summed E-state index contributed by atoms with van der Waals surface area (Å²) in [4.78, 5) is 2.54. The van der Waals surface area contributed by atoms with E-state index in [1.807, 2.05) is 0 Å². The normalized spacial score (nSPS) is 19.6. The first kappa shape index (κ1) is 15.8. The Kier molecular flexibility index (Phi) is 6.30. The average Bonchev–Trinajstić information content (AvgIpc) is 2.85. The van der Waals surface area contributed by atoms with Gasteiger partial charge in [-0.1, -0.05) is 23.7 Å². The zero-order valence-electron chi connectivity index (χ0n) is 12.5. The van der Waals surface area contributed by atoms with E-state index in [9.17, 15) is 0 Å². The van der Waals surface area contributed by atoms with Gasteiger partial charge in [0.1, 0.15) is 0 Å². The average molecular weight is 297 g/mol. The number of rotatable bonds is 7. The van der Waals surface area contributed by atoms with E-state index >= 15 is 0 Å². The van der Waals surface area contributed by atoms with Gasteiger partial charge in [0.25, 0.3) is 0 Å². The molecule has 0 spiro atoms. The third-order valence-electron chi connectivity index (χ3n) is 3.94. The number of aryl methyl sites for hydroxylation is 1. The van der Waals surface area contributed by atoms with Crippen LogP contribution in [0.15, 0.2) is 18.2 Å². The van der Waals surface area contributed by atoms with E-state index in [-0.39, 0.29) is 0 Å². The number of halogens is 1. The lowest BCUT2D eigenvalue weighted by molar-refractivity contribution is 0.191. The van der Waals surface area contributed by atoms with Crippen molar-refractivity contribution in [3.8, 4) is 0 Å². The van der Waals surface area contributed by atoms with Crippen molar-refractivity contribution in [3.63, 3.8) is 0 Å². The highest BCUT2D eigenvalue weighted by molar-refractivity contribution is 6.31. The topological polar surface area (TPSA) is 24.5 Å². The molecular formula is C16H25ClN2O. The smallest absolute Gasteiger partial charge is 0.0587 e. The molecular weight excluding hydrogens is 272 g/mol. The minimum absolute atomic E-state index is 0.615. The molecule has 112 valence electrons. The maximum atomic E-state index is 6.34. The first-order valence-electron chi connectivity index (χ1n) is 7.39. The summed E-state index contributed by atoms with van der Waals surface area (Å²) in [5.74, 6) is 0. The number of hydrogen-bond donors (Lipinski definition) is 1. The van der Waals surface area contributed by atoms with Crippen LogP contribution in [-0.4, -0.2) is 44.3 Å². The molecule has 1 aromatic carbocycles. The fraction of sp³-hybridized carbons (Fsp3) is 0.625. The molecule has 4 heteroatoms. The second kappa shape index (κ2) is 7.99. The second-order valence-corrected chi connectivity index (χ2v) is 5.97. The predicted octanol–water partition coefficient (Wildman–Crippen LogP) is 2.85. The largest absolute Gasteiger partial charge is 0.383 e. The molecule has 0 amide bonds. The molecule has 0 saturated carbocycles. The molecule has 20 heavy (non-hydrogen) atoms. The Hall–Kier alpha value is -0.610. The standard InChI is InChI=1S/C16H25ClN2O/c1-13-5-6-14(16(17)10-13)12-19-8-3-4-15(19)11-18-7-9-20-2/h5-6,10,15,18H,3-4,7-9,11-12H2,1-2H3. The number of likely N-dealkylation sites (tertiary alicyclic amines) is 1. The number of nitrogens with one attached hydrogen (secondary N) is 1. The quantitative estimate of drug-likeness (QED) is 0.783. The fourth-order valence-electron chi connectivity index (χ4n) is 2.78. The molecule has 1 aromatic rings. The highest BCUT2D eigenvalue weighted by Crippen LogP contribution is 2.24. The zero-order valence-corrected chi connectivity index (χ0v) is 13.2. The fourth-order valence-corrected chi connectivity index (χ4v) is 3.07. The van der Waals surface area contributed by atoms with Crippen molar-refractivity contribution in [3.05, 3.63) is 34.3 Å². The van der Waals surface area contributed by atoms with Gasteiger partial charge in [0.2, 0.25) is 0 Å². The molecule has 1 aliphatic rings. The van der Waals surface area contributed by atoms with E-state index in [1.165, 1.54) is 30.5 Å². The van der Waals surface area contributed by atoms with E-state index in [0.29, 0.717) is 6.04 Å². The number of nitrogens with zero attached hydrogens (tertiary/aromatic N) is 1. The van der Waals surface area contributed by atoms with Gasteiger partial charge in [0.15, 0.2) is 0 Å². The summed E-state index contributed by atoms with van der Waals surface area (Å²) in [6.45, 7) is 6.93. The Morgan fingerprint density at radius 1 is 1.45 bits per heavy atom. The first-order valence-corrected chi connectivity index (χ1v) is 7.77. The molecule has 1 saturated heterocycles. The second-order valence-electron chi connectivity index (χ2n) is 5.56. The molecule has 0 aliphatic carbocycles. The Balaban J connectivity index is 1.87. The van der Waals surface area contributed by atoms with E-state index in [1.54, 1.807) is 7.11 Å². The zero-order chi connectivity index (χ0) is 14.4. The Labute approximate surface area is 127 Å². The van der Waals surface area contributed by atoms with Gasteiger partial charge in [-0.3, -0.25) is 4.90 Å². The van der Waals surface area contributed by atoms with Crippen LogP contribution in [0, 0.1) is 6.92 Å². The number of methoxy groups -OCH3 is 1. The van der Waals surface area contributed by atoms with Gasteiger partial charge in [-0.2, -0.15) is 0 Å². The van der Waals surface area contributed by atoms with Crippen LogP contribution in [0.2, 0.25) is 5.02 Å². The van der Waals surface area contributed by atoms with Gasteiger partial charge >= 0.3 is 0 Å². The molecule has 1 atom stereocenters. The Morgan fingerprint density at radius 3 is 3.05 bits per heavy atom. The molecule has 0 aromatic heterocycles. The van der Waals surface area contributed by atoms with Gasteiger partial charge < -0.3 is 10.1 Å². The highest BCUT2D eigenvalue weighted by Gasteiger charge is 2.24. The van der Waals surface area contributed by atoms with Crippen molar-refractivity contribution in [2.75, 3.05) is 33.4 Å². The molecule has 1 unspecified atom stereocenters. The third-order valence-corrected chi connectivity index (χ3v) is 4.30. The van der Waals surface area contributed by atoms with Gasteiger partial charge in [-0.05, 0) is 43.5 Å². The Morgan fingerprint density at radius 2 is 2.30 bits per heavy atom. The lowest BCUT2D eigenvalue weighted by Gasteiger charge is -2.25. The van der Waals surface area contributed by atoms with Crippen molar-refractivity contribution in [2.24, 2.45) is 0 Å². The third kappa shape index (κ3) is 4.45. The van der Waals surface area contributed by atoms with Crippen LogP contribution in [0.4, 0.5) is 0 Å². The SMILES string of the molecule is COCCNCC1CCCN1Cc1ccc(C)cc1Cl. The van der Waals surface area contributed by atoms with Crippen LogP contribution >= 0.6 is 11.6 Å². The van der Waals surface area contributed by atoms with Crippen molar-refractivity contribution in [1.82, 2.24) is 10.2 Å². The maximum Gasteiger partial charge on any atom is 0.0587 e. The molecule has 1 heterocycles. The van der Waals surface area contributed by atoms with Gasteiger partial charge in [0, 0.05) is 37.8 Å². The molecule has 2 rings (SSSR count). The summed E-state index contributed by atoms with van der Waals surface area (Å²) in [6, 6.07) is 6.97. The summed E-state index contributed by atoms with van der Waals surface area (Å²) in [7, 11) is 1.74. The van der Waals surface area contributed by atoms with Crippen molar-refractivity contribution < 1.29 is 4.74 Å². The van der Waals surface area contributed by atoms with E-state index in [4.69, 9.17) is 16.3 Å². The van der Waals surface area contributed by atoms with E-state index in [0.717, 1.165) is 31.3 Å². The molecule has 1 N–H and O–H groups in total. The monoisotopic (exact) mass is 296 g/mol. The summed E-state index contributed by atoms with van der Waals surface area (Å²) in [6.07, 6.45) is 2.55. The van der Waals surface area contributed by atoms with Gasteiger partial charge in [0.05, 0.1) is 6.61 Å². The van der Waals surface area contributed by atoms with E-state index in [2.05, 4.69) is 35.3 Å². The maximum absolute atomic E-state index is 6.34. The van der Waals surface area contributed by atoms with Gasteiger partial charge in [-0.25, -0.2) is 0 Å². The molecule has 0 radical (unpaired) electrons. The minimum atomic E-state index is 0.615. The van der Waals surface area contributed by atoms with E-state index < -0.39 is 0 Å². The summed E-state index contributed by atoms with van der Waals surface area (Å²) in [5, 5.41) is 4.36. The van der Waals surface area contributed by atoms with Gasteiger partial charge in [-0.15, -0.1) is 0 Å².